The molecule has 0 aliphatic rings. The van der Waals surface area contributed by atoms with E-state index in [4.69, 9.17) is 28.4 Å². The molecule has 0 aromatic heterocycles. The van der Waals surface area contributed by atoms with Gasteiger partial charge in [-0.3, -0.25) is 14.4 Å². The van der Waals surface area contributed by atoms with Gasteiger partial charge < -0.3 is 33.1 Å². The number of ether oxygens (including phenoxy) is 6. The number of carbonyl (C=O) groups is 3. The van der Waals surface area contributed by atoms with Crippen molar-refractivity contribution >= 4 is 37.3 Å². The van der Waals surface area contributed by atoms with Gasteiger partial charge in [-0.05, 0) is 108 Å². The molecule has 0 saturated heterocycles. The van der Waals surface area contributed by atoms with Crippen molar-refractivity contribution in [3.8, 4) is 34.5 Å². The van der Waals surface area contributed by atoms with Crippen molar-refractivity contribution < 1.29 is 56.1 Å². The van der Waals surface area contributed by atoms with Crippen LogP contribution in [0.1, 0.15) is 86.8 Å². The quantitative estimate of drug-likeness (QED) is 0.0200. The van der Waals surface area contributed by atoms with E-state index in [2.05, 4.69) is 32.3 Å². The number of benzene rings is 4. The van der Waals surface area contributed by atoms with E-state index in [0.29, 0.717) is 23.0 Å². The van der Waals surface area contributed by atoms with E-state index >= 15 is 0 Å². The van der Waals surface area contributed by atoms with Crippen molar-refractivity contribution in [2.45, 2.75) is 66.2 Å². The summed E-state index contributed by atoms with van der Waals surface area (Å²) in [5.74, 6) is -1.68. The first kappa shape index (κ1) is 48.3. The van der Waals surface area contributed by atoms with Gasteiger partial charge in [0.15, 0.2) is 28.8 Å². The lowest BCUT2D eigenvalue weighted by molar-refractivity contribution is -0.136. The zero-order chi connectivity index (χ0) is 45.5. The van der Waals surface area contributed by atoms with Crippen LogP contribution in [0.3, 0.4) is 0 Å². The first-order valence-corrected chi connectivity index (χ1v) is 20.2. The van der Waals surface area contributed by atoms with Crippen molar-refractivity contribution in [3.05, 3.63) is 130 Å². The third-order valence-corrected chi connectivity index (χ3v) is 9.72. The van der Waals surface area contributed by atoms with E-state index in [-0.39, 0.29) is 34.5 Å². The van der Waals surface area contributed by atoms with Crippen LogP contribution < -0.4 is 28.4 Å². The van der Waals surface area contributed by atoms with E-state index in [1.807, 2.05) is 48.5 Å². The molecule has 4 aromatic rings. The number of ketones is 1. The summed E-state index contributed by atoms with van der Waals surface area (Å²) in [6.07, 6.45) is 7.88. The summed E-state index contributed by atoms with van der Waals surface area (Å²) in [5, 5.41) is 0. The van der Waals surface area contributed by atoms with Gasteiger partial charge in [0.05, 0.1) is 40.3 Å². The molecular formula is C49H55BF2O10. The highest BCUT2D eigenvalue weighted by Gasteiger charge is 2.25. The summed E-state index contributed by atoms with van der Waals surface area (Å²) < 4.78 is 65.2. The average molecular weight is 853 g/mol. The van der Waals surface area contributed by atoms with Crippen LogP contribution in [0.5, 0.6) is 34.5 Å². The summed E-state index contributed by atoms with van der Waals surface area (Å²) in [6.45, 7) is 12.0. The zero-order valence-corrected chi connectivity index (χ0v) is 37.0. The van der Waals surface area contributed by atoms with Crippen LogP contribution in [0.4, 0.5) is 8.63 Å². The van der Waals surface area contributed by atoms with E-state index in [1.165, 1.54) is 82.1 Å². The highest BCUT2D eigenvalue weighted by Crippen LogP contribution is 2.41. The van der Waals surface area contributed by atoms with E-state index in [1.54, 1.807) is 13.8 Å². The van der Waals surface area contributed by atoms with Gasteiger partial charge in [-0.25, -0.2) is 8.63 Å². The van der Waals surface area contributed by atoms with Crippen molar-refractivity contribution in [2.24, 2.45) is 11.8 Å². The lowest BCUT2D eigenvalue weighted by Crippen LogP contribution is -2.17. The van der Waals surface area contributed by atoms with Gasteiger partial charge in [0, 0.05) is 6.08 Å². The molecule has 0 amide bonds. The molecule has 0 aliphatic carbocycles. The first-order chi connectivity index (χ1) is 29.5. The van der Waals surface area contributed by atoms with E-state index in [0.717, 1.165) is 36.1 Å². The topological polar surface area (TPSA) is 116 Å². The normalized spacial score (nSPS) is 12.6. The Morgan fingerprint density at radius 2 is 0.919 bits per heavy atom. The molecule has 10 nitrogen and oxygen atoms in total. The van der Waals surface area contributed by atoms with Gasteiger partial charge in [-0.2, -0.15) is 0 Å². The fraction of sp³-hybridized carbons (Fsp3) is 0.327. The molecule has 0 fully saturated rings. The second-order valence-corrected chi connectivity index (χ2v) is 15.5. The van der Waals surface area contributed by atoms with Crippen molar-refractivity contribution in [1.82, 2.24) is 0 Å². The molecule has 4 aromatic carbocycles. The summed E-state index contributed by atoms with van der Waals surface area (Å²) in [5.41, 5.74) is 4.74. The zero-order valence-electron chi connectivity index (χ0n) is 37.0. The second kappa shape index (κ2) is 23.0. The van der Waals surface area contributed by atoms with E-state index in [9.17, 15) is 23.0 Å². The summed E-state index contributed by atoms with van der Waals surface area (Å²) in [6, 6.07) is 21.7. The molecule has 0 heterocycles. The molecule has 2 unspecified atom stereocenters. The Hall–Kier alpha value is -6.37. The largest absolute Gasteiger partial charge is 0.796 e. The van der Waals surface area contributed by atoms with Gasteiger partial charge in [0.25, 0.3) is 0 Å². The molecule has 62 heavy (non-hydrogen) atoms. The van der Waals surface area contributed by atoms with Crippen LogP contribution in [0.25, 0.3) is 12.2 Å². The molecule has 0 N–H and O–H groups in total. The van der Waals surface area contributed by atoms with Crippen molar-refractivity contribution in [1.29, 1.82) is 0 Å². The molecule has 0 saturated carbocycles. The number of esters is 2. The number of hydrogen-bond donors (Lipinski definition) is 0. The van der Waals surface area contributed by atoms with Crippen LogP contribution in [-0.4, -0.2) is 53.6 Å². The van der Waals surface area contributed by atoms with Gasteiger partial charge in [-0.1, -0.05) is 88.4 Å². The van der Waals surface area contributed by atoms with Crippen molar-refractivity contribution in [3.63, 3.8) is 0 Å². The molecule has 328 valence electrons. The monoisotopic (exact) mass is 852 g/mol. The minimum atomic E-state index is -3.24. The summed E-state index contributed by atoms with van der Waals surface area (Å²) in [7, 11) is 2.31. The van der Waals surface area contributed by atoms with Crippen LogP contribution in [0.15, 0.2) is 96.8 Å². The molecule has 0 aliphatic heterocycles. The number of halogens is 2. The van der Waals surface area contributed by atoms with Gasteiger partial charge >= 0.3 is 19.4 Å². The Morgan fingerprint density at radius 1 is 0.565 bits per heavy atom. The first-order valence-electron chi connectivity index (χ1n) is 20.2. The Bertz CT molecular complexity index is 2200. The SMILES string of the molecule is COc1cc(/C=C/C(=O)/C=C(/C=C/c2cc(OC)c(OC(=O)C(C)c3ccc(CC(C)C)cc3)c(OC)c2)OB(F)F)cc(OC)c1OC(=O)C(C)c1ccc(CC(C)C)cc1. The maximum Gasteiger partial charge on any atom is 0.796 e. The summed E-state index contributed by atoms with van der Waals surface area (Å²) >= 11 is 0. The number of allylic oxidation sites excluding steroid dienone is 3. The molecular weight excluding hydrogens is 797 g/mol. The summed E-state index contributed by atoms with van der Waals surface area (Å²) in [4.78, 5) is 39.6. The smallest absolute Gasteiger partial charge is 0.505 e. The highest BCUT2D eigenvalue weighted by atomic mass is 19.2. The predicted octanol–water partition coefficient (Wildman–Crippen LogP) is 10.7. The molecule has 13 heteroatoms. The molecule has 0 spiro atoms. The molecule has 0 radical (unpaired) electrons. The third kappa shape index (κ3) is 13.8. The maximum absolute atomic E-state index is 13.5. The van der Waals surface area contributed by atoms with Gasteiger partial charge in [0.1, 0.15) is 5.76 Å². The number of rotatable bonds is 21. The average Bonchev–Trinajstić information content (AvgIpc) is 3.24. The third-order valence-electron chi connectivity index (χ3n) is 9.72. The Balaban J connectivity index is 1.51. The van der Waals surface area contributed by atoms with Crippen molar-refractivity contribution in [2.75, 3.05) is 28.4 Å². The standard InChI is InChI=1S/C49H55BF2O10/c1-30(2)23-34-11-17-38(18-12-34)32(5)48(54)60-46-42(56-7)25-36(26-43(46)57-8)15-21-40(53)29-41(62-50(51)52)22-16-37-27-44(58-9)47(45(28-37)59-10)61-49(55)33(6)39-19-13-35(14-20-39)24-31(3)4/h11-22,25-33H,23-24H2,1-10H3/b21-15+,22-16+,41-29-. The van der Waals surface area contributed by atoms with Crippen LogP contribution >= 0.6 is 0 Å². The van der Waals surface area contributed by atoms with Gasteiger partial charge in [0.2, 0.25) is 11.5 Å². The molecule has 0 bridgehead atoms. The Morgan fingerprint density at radius 3 is 1.24 bits per heavy atom. The van der Waals surface area contributed by atoms with Crippen LogP contribution in [0, 0.1) is 11.8 Å². The number of methoxy groups -OCH3 is 4. The van der Waals surface area contributed by atoms with Crippen LogP contribution in [-0.2, 0) is 31.9 Å². The molecule has 2 atom stereocenters. The van der Waals surface area contributed by atoms with Gasteiger partial charge in [-0.15, -0.1) is 0 Å². The lowest BCUT2D eigenvalue weighted by atomic mass is 9.97. The lowest BCUT2D eigenvalue weighted by Gasteiger charge is -2.17. The highest BCUT2D eigenvalue weighted by molar-refractivity contribution is 6.35. The van der Waals surface area contributed by atoms with E-state index < -0.39 is 42.8 Å². The fourth-order valence-corrected chi connectivity index (χ4v) is 6.44. The maximum atomic E-state index is 13.5. The Labute approximate surface area is 363 Å². The van der Waals surface area contributed by atoms with Crippen LogP contribution in [0.2, 0.25) is 0 Å². The fourth-order valence-electron chi connectivity index (χ4n) is 6.44. The number of hydrogen-bond acceptors (Lipinski definition) is 10. The second-order valence-electron chi connectivity index (χ2n) is 15.5. The molecule has 4 rings (SSSR count). The minimum Gasteiger partial charge on any atom is -0.505 e. The number of carbonyl (C=O) groups excluding carboxylic acids is 3. The minimum absolute atomic E-state index is 0.0390. The Kier molecular flexibility index (Phi) is 17.9. The predicted molar refractivity (Wildman–Crippen MR) is 237 cm³/mol.